The molecule has 94 valence electrons. The number of ether oxygens (including phenoxy) is 2. The van der Waals surface area contributed by atoms with Crippen molar-refractivity contribution in [1.29, 1.82) is 0 Å². The molecule has 0 saturated carbocycles. The van der Waals surface area contributed by atoms with Gasteiger partial charge in [0.25, 0.3) is 0 Å². The number of hydrogen-bond donors (Lipinski definition) is 2. The van der Waals surface area contributed by atoms with Crippen LogP contribution in [0.2, 0.25) is 0 Å². The van der Waals surface area contributed by atoms with Crippen molar-refractivity contribution < 1.29 is 19.4 Å². The van der Waals surface area contributed by atoms with Gasteiger partial charge in [-0.15, -0.1) is 0 Å². The second kappa shape index (κ2) is 6.10. The zero-order chi connectivity index (χ0) is 12.8. The van der Waals surface area contributed by atoms with Crippen LogP contribution in [0.25, 0.3) is 0 Å². The van der Waals surface area contributed by atoms with Crippen molar-refractivity contribution in [2.75, 3.05) is 14.2 Å². The molecule has 1 aromatic rings. The fourth-order valence-electron chi connectivity index (χ4n) is 1.64. The van der Waals surface area contributed by atoms with Crippen LogP contribution in [0.4, 0.5) is 0 Å². The third kappa shape index (κ3) is 3.35. The molecule has 0 radical (unpaired) electrons. The van der Waals surface area contributed by atoms with Crippen LogP contribution in [0.3, 0.4) is 0 Å². The van der Waals surface area contributed by atoms with Crippen LogP contribution in [0.5, 0.6) is 11.5 Å². The highest BCUT2D eigenvalue weighted by molar-refractivity contribution is 5.66. The van der Waals surface area contributed by atoms with Crippen molar-refractivity contribution in [3.8, 4) is 11.5 Å². The lowest BCUT2D eigenvalue weighted by atomic mass is 10.0. The first-order chi connectivity index (χ1) is 8.10. The lowest BCUT2D eigenvalue weighted by Gasteiger charge is -2.17. The normalized spacial score (nSPS) is 11.9. The number of para-hydroxylation sites is 1. The summed E-state index contributed by atoms with van der Waals surface area (Å²) in [5.41, 5.74) is 6.70. The topological polar surface area (TPSA) is 81.8 Å². The lowest BCUT2D eigenvalue weighted by Crippen LogP contribution is -2.13. The van der Waals surface area contributed by atoms with Crippen LogP contribution in [-0.2, 0) is 4.79 Å². The van der Waals surface area contributed by atoms with E-state index < -0.39 is 5.97 Å². The summed E-state index contributed by atoms with van der Waals surface area (Å²) in [4.78, 5) is 10.5. The third-order valence-corrected chi connectivity index (χ3v) is 2.50. The molecule has 0 aromatic heterocycles. The van der Waals surface area contributed by atoms with Crippen molar-refractivity contribution >= 4 is 5.97 Å². The van der Waals surface area contributed by atoms with E-state index in [1.807, 2.05) is 6.07 Å². The van der Waals surface area contributed by atoms with Gasteiger partial charge in [-0.25, -0.2) is 0 Å². The Labute approximate surface area is 100 Å². The standard InChI is InChI=1S/C12H17NO4/c1-16-10-5-3-4-8(12(10)17-2)9(13)6-7-11(14)15/h3-5,9H,6-7,13H2,1-2H3,(H,14,15). The predicted molar refractivity (Wildman–Crippen MR) is 63.3 cm³/mol. The molecule has 0 amide bonds. The van der Waals surface area contributed by atoms with E-state index in [-0.39, 0.29) is 12.5 Å². The molecule has 0 saturated heterocycles. The minimum atomic E-state index is -0.859. The Hall–Kier alpha value is -1.75. The van der Waals surface area contributed by atoms with E-state index in [0.29, 0.717) is 17.9 Å². The highest BCUT2D eigenvalue weighted by atomic mass is 16.5. The van der Waals surface area contributed by atoms with Crippen molar-refractivity contribution in [1.82, 2.24) is 0 Å². The van der Waals surface area contributed by atoms with E-state index >= 15 is 0 Å². The van der Waals surface area contributed by atoms with Gasteiger partial charge >= 0.3 is 5.97 Å². The summed E-state index contributed by atoms with van der Waals surface area (Å²) in [6.45, 7) is 0. The molecule has 0 heterocycles. The summed E-state index contributed by atoms with van der Waals surface area (Å²) in [5.74, 6) is 0.297. The fraction of sp³-hybridized carbons (Fsp3) is 0.417. The number of carboxylic acid groups (broad SMARTS) is 1. The summed E-state index contributed by atoms with van der Waals surface area (Å²) in [6.07, 6.45) is 0.389. The molecule has 0 bridgehead atoms. The van der Waals surface area contributed by atoms with Crippen LogP contribution in [0, 0.1) is 0 Å². The molecule has 1 unspecified atom stereocenters. The third-order valence-electron chi connectivity index (χ3n) is 2.50. The average molecular weight is 239 g/mol. The first-order valence-electron chi connectivity index (χ1n) is 5.28. The number of rotatable bonds is 6. The zero-order valence-electron chi connectivity index (χ0n) is 9.97. The Morgan fingerprint density at radius 3 is 2.65 bits per heavy atom. The van der Waals surface area contributed by atoms with Gasteiger partial charge in [-0.1, -0.05) is 12.1 Å². The summed E-state index contributed by atoms with van der Waals surface area (Å²) >= 11 is 0. The first kappa shape index (κ1) is 13.3. The Morgan fingerprint density at radius 2 is 2.12 bits per heavy atom. The van der Waals surface area contributed by atoms with Gasteiger partial charge in [0.05, 0.1) is 14.2 Å². The number of methoxy groups -OCH3 is 2. The van der Waals surface area contributed by atoms with Crippen molar-refractivity contribution in [3.63, 3.8) is 0 Å². The minimum Gasteiger partial charge on any atom is -0.493 e. The molecule has 1 atom stereocenters. The second-order valence-corrected chi connectivity index (χ2v) is 3.62. The molecule has 0 fully saturated rings. The molecule has 0 aliphatic carbocycles. The summed E-state index contributed by atoms with van der Waals surface area (Å²) in [6, 6.07) is 5.01. The van der Waals surface area contributed by atoms with Gasteiger partial charge in [-0.3, -0.25) is 4.79 Å². The predicted octanol–water partition coefficient (Wildman–Crippen LogP) is 1.57. The van der Waals surface area contributed by atoms with Gasteiger partial charge in [-0.2, -0.15) is 0 Å². The summed E-state index contributed by atoms with van der Waals surface area (Å²) < 4.78 is 10.4. The quantitative estimate of drug-likeness (QED) is 0.787. The van der Waals surface area contributed by atoms with Crippen LogP contribution in [0.1, 0.15) is 24.4 Å². The van der Waals surface area contributed by atoms with E-state index in [1.165, 1.54) is 7.11 Å². The Kier molecular flexibility index (Phi) is 4.78. The number of hydrogen-bond acceptors (Lipinski definition) is 4. The molecule has 0 spiro atoms. The van der Waals surface area contributed by atoms with E-state index in [1.54, 1.807) is 19.2 Å². The van der Waals surface area contributed by atoms with E-state index in [4.69, 9.17) is 20.3 Å². The maximum Gasteiger partial charge on any atom is 0.303 e. The molecule has 5 heteroatoms. The molecule has 0 aliphatic heterocycles. The minimum absolute atomic E-state index is 0.0293. The smallest absolute Gasteiger partial charge is 0.303 e. The molecule has 5 nitrogen and oxygen atoms in total. The lowest BCUT2D eigenvalue weighted by molar-refractivity contribution is -0.137. The number of carbonyl (C=O) groups is 1. The van der Waals surface area contributed by atoms with E-state index in [0.717, 1.165) is 5.56 Å². The van der Waals surface area contributed by atoms with Crippen LogP contribution in [0.15, 0.2) is 18.2 Å². The molecular formula is C12H17NO4. The fourth-order valence-corrected chi connectivity index (χ4v) is 1.64. The maximum absolute atomic E-state index is 10.5. The SMILES string of the molecule is COc1cccc(C(N)CCC(=O)O)c1OC. The Bertz CT molecular complexity index is 392. The molecular weight excluding hydrogens is 222 g/mol. The average Bonchev–Trinajstić information content (AvgIpc) is 2.34. The monoisotopic (exact) mass is 239 g/mol. The summed E-state index contributed by atoms with van der Waals surface area (Å²) in [7, 11) is 3.08. The number of aliphatic carboxylic acids is 1. The van der Waals surface area contributed by atoms with Crippen molar-refractivity contribution in [3.05, 3.63) is 23.8 Å². The first-order valence-corrected chi connectivity index (χ1v) is 5.28. The van der Waals surface area contributed by atoms with Crippen LogP contribution in [-0.4, -0.2) is 25.3 Å². The van der Waals surface area contributed by atoms with Gasteiger partial charge in [-0.05, 0) is 12.5 Å². The van der Waals surface area contributed by atoms with Crippen molar-refractivity contribution in [2.24, 2.45) is 5.73 Å². The van der Waals surface area contributed by atoms with Gasteiger partial charge in [0.2, 0.25) is 0 Å². The largest absolute Gasteiger partial charge is 0.493 e. The highest BCUT2D eigenvalue weighted by Crippen LogP contribution is 2.34. The molecule has 1 aromatic carbocycles. The highest BCUT2D eigenvalue weighted by Gasteiger charge is 2.16. The number of nitrogens with two attached hydrogens (primary N) is 1. The maximum atomic E-state index is 10.5. The Balaban J connectivity index is 2.92. The van der Waals surface area contributed by atoms with Crippen LogP contribution >= 0.6 is 0 Å². The molecule has 1 rings (SSSR count). The Morgan fingerprint density at radius 1 is 1.41 bits per heavy atom. The number of carboxylic acids is 1. The molecule has 3 N–H and O–H groups in total. The van der Waals surface area contributed by atoms with E-state index in [9.17, 15) is 4.79 Å². The van der Waals surface area contributed by atoms with Crippen molar-refractivity contribution in [2.45, 2.75) is 18.9 Å². The van der Waals surface area contributed by atoms with Gasteiger partial charge in [0.15, 0.2) is 11.5 Å². The van der Waals surface area contributed by atoms with E-state index in [2.05, 4.69) is 0 Å². The van der Waals surface area contributed by atoms with Crippen LogP contribution < -0.4 is 15.2 Å². The van der Waals surface area contributed by atoms with Gasteiger partial charge in [0.1, 0.15) is 0 Å². The molecule has 17 heavy (non-hydrogen) atoms. The van der Waals surface area contributed by atoms with Gasteiger partial charge < -0.3 is 20.3 Å². The van der Waals surface area contributed by atoms with Gasteiger partial charge in [0, 0.05) is 18.0 Å². The zero-order valence-corrected chi connectivity index (χ0v) is 9.97. The second-order valence-electron chi connectivity index (χ2n) is 3.62. The number of benzene rings is 1. The summed E-state index contributed by atoms with van der Waals surface area (Å²) in [5, 5.41) is 8.63. The molecule has 0 aliphatic rings.